The van der Waals surface area contributed by atoms with Crippen LogP contribution in [0.2, 0.25) is 0 Å². The summed E-state index contributed by atoms with van der Waals surface area (Å²) in [6.07, 6.45) is -0.764. The van der Waals surface area contributed by atoms with Gasteiger partial charge in [0.25, 0.3) is 11.8 Å². The molecular formula is C23H30N2O4. The van der Waals surface area contributed by atoms with E-state index in [-0.39, 0.29) is 12.0 Å². The van der Waals surface area contributed by atoms with Gasteiger partial charge in [0.2, 0.25) is 0 Å². The molecule has 0 aromatic heterocycles. The van der Waals surface area contributed by atoms with Crippen molar-refractivity contribution >= 4 is 11.8 Å². The number of rotatable bonds is 6. The summed E-state index contributed by atoms with van der Waals surface area (Å²) in [4.78, 5) is 24.2. The van der Waals surface area contributed by atoms with Gasteiger partial charge in [-0.25, -0.2) is 0 Å². The molecule has 0 radical (unpaired) electrons. The molecule has 0 aliphatic heterocycles. The maximum absolute atomic E-state index is 12.2. The van der Waals surface area contributed by atoms with Gasteiger partial charge in [0.15, 0.2) is 12.7 Å². The molecule has 2 aromatic carbocycles. The molecule has 1 atom stereocenters. The highest BCUT2D eigenvalue weighted by molar-refractivity contribution is 5.85. The van der Waals surface area contributed by atoms with Crippen molar-refractivity contribution in [3.8, 4) is 11.5 Å². The Balaban J connectivity index is 1.83. The number of nitrogens with one attached hydrogen (secondary N) is 2. The molecule has 2 amide bonds. The van der Waals surface area contributed by atoms with E-state index in [2.05, 4.69) is 31.6 Å². The zero-order chi connectivity index (χ0) is 21.6. The molecular weight excluding hydrogens is 368 g/mol. The first-order valence-electron chi connectivity index (χ1n) is 9.63. The standard InChI is InChI=1S/C23H30N2O4/c1-15-11-12-18(13-16(15)2)29-17(3)22(27)25-24-21(26)14-28-20-10-8-7-9-19(20)23(4,5)6/h7-13,17H,14H2,1-6H3,(H,24,26)(H,25,27). The maximum atomic E-state index is 12.2. The van der Waals surface area contributed by atoms with Crippen LogP contribution in [0, 0.1) is 13.8 Å². The molecule has 2 rings (SSSR count). The second kappa shape index (κ2) is 9.45. The summed E-state index contributed by atoms with van der Waals surface area (Å²) < 4.78 is 11.3. The van der Waals surface area contributed by atoms with Crippen molar-refractivity contribution in [2.45, 2.75) is 53.1 Å². The van der Waals surface area contributed by atoms with Gasteiger partial charge in [-0.1, -0.05) is 45.0 Å². The summed E-state index contributed by atoms with van der Waals surface area (Å²) in [5.41, 5.74) is 7.85. The third kappa shape index (κ3) is 6.52. The lowest BCUT2D eigenvalue weighted by molar-refractivity contribution is -0.133. The third-order valence-electron chi connectivity index (χ3n) is 4.54. The first kappa shape index (κ1) is 22.3. The van der Waals surface area contributed by atoms with Gasteiger partial charge in [0.05, 0.1) is 0 Å². The minimum Gasteiger partial charge on any atom is -0.483 e. The summed E-state index contributed by atoms with van der Waals surface area (Å²) in [6, 6.07) is 13.2. The van der Waals surface area contributed by atoms with E-state index in [0.717, 1.165) is 16.7 Å². The van der Waals surface area contributed by atoms with Crippen molar-refractivity contribution in [3.05, 3.63) is 59.2 Å². The molecule has 0 spiro atoms. The number of carbonyl (C=O) groups is 2. The number of amides is 2. The van der Waals surface area contributed by atoms with Crippen LogP contribution in [0.15, 0.2) is 42.5 Å². The van der Waals surface area contributed by atoms with Gasteiger partial charge in [-0.3, -0.25) is 20.4 Å². The number of para-hydroxylation sites is 1. The minimum absolute atomic E-state index is 0.109. The van der Waals surface area contributed by atoms with Gasteiger partial charge < -0.3 is 9.47 Å². The number of hydrogen-bond donors (Lipinski definition) is 2. The van der Waals surface area contributed by atoms with Gasteiger partial charge in [0.1, 0.15) is 11.5 Å². The van der Waals surface area contributed by atoms with Crippen molar-refractivity contribution in [1.29, 1.82) is 0 Å². The average molecular weight is 399 g/mol. The van der Waals surface area contributed by atoms with E-state index >= 15 is 0 Å². The Morgan fingerprint density at radius 1 is 1.00 bits per heavy atom. The summed E-state index contributed by atoms with van der Waals surface area (Å²) in [5.74, 6) is 0.337. The lowest BCUT2D eigenvalue weighted by atomic mass is 9.86. The van der Waals surface area contributed by atoms with Crippen LogP contribution >= 0.6 is 0 Å². The highest BCUT2D eigenvalue weighted by atomic mass is 16.5. The van der Waals surface area contributed by atoms with E-state index < -0.39 is 17.9 Å². The monoisotopic (exact) mass is 398 g/mol. The Bertz CT molecular complexity index is 871. The lowest BCUT2D eigenvalue weighted by Gasteiger charge is -2.22. The van der Waals surface area contributed by atoms with Crippen LogP contribution in [0.5, 0.6) is 11.5 Å². The summed E-state index contributed by atoms with van der Waals surface area (Å²) in [7, 11) is 0. The minimum atomic E-state index is -0.764. The van der Waals surface area contributed by atoms with Crippen molar-refractivity contribution in [3.63, 3.8) is 0 Å². The average Bonchev–Trinajstić information content (AvgIpc) is 2.66. The van der Waals surface area contributed by atoms with Crippen LogP contribution in [0.3, 0.4) is 0 Å². The molecule has 2 aromatic rings. The molecule has 0 fully saturated rings. The van der Waals surface area contributed by atoms with Crippen LogP contribution in [0.25, 0.3) is 0 Å². The molecule has 6 nitrogen and oxygen atoms in total. The quantitative estimate of drug-likeness (QED) is 0.729. The van der Waals surface area contributed by atoms with E-state index in [4.69, 9.17) is 9.47 Å². The van der Waals surface area contributed by atoms with Crippen LogP contribution in [0.1, 0.15) is 44.4 Å². The van der Waals surface area contributed by atoms with E-state index in [1.807, 2.05) is 56.3 Å². The molecule has 156 valence electrons. The summed E-state index contributed by atoms with van der Waals surface area (Å²) in [6.45, 7) is 11.6. The number of hydrogen-bond acceptors (Lipinski definition) is 4. The van der Waals surface area contributed by atoms with Gasteiger partial charge >= 0.3 is 0 Å². The molecule has 0 saturated heterocycles. The van der Waals surface area contributed by atoms with Crippen molar-refractivity contribution in [2.75, 3.05) is 6.61 Å². The van der Waals surface area contributed by atoms with E-state index in [1.165, 1.54) is 0 Å². The molecule has 0 saturated carbocycles. The van der Waals surface area contributed by atoms with Crippen LogP contribution in [0.4, 0.5) is 0 Å². The van der Waals surface area contributed by atoms with Crippen molar-refractivity contribution in [2.24, 2.45) is 0 Å². The number of aryl methyl sites for hydroxylation is 2. The highest BCUT2D eigenvalue weighted by Gasteiger charge is 2.19. The zero-order valence-electron chi connectivity index (χ0n) is 18.0. The second-order valence-electron chi connectivity index (χ2n) is 8.08. The van der Waals surface area contributed by atoms with E-state index in [9.17, 15) is 9.59 Å². The maximum Gasteiger partial charge on any atom is 0.279 e. The Morgan fingerprint density at radius 2 is 1.69 bits per heavy atom. The number of ether oxygens (including phenoxy) is 2. The normalized spacial score (nSPS) is 12.1. The first-order chi connectivity index (χ1) is 13.6. The number of hydrazine groups is 1. The summed E-state index contributed by atoms with van der Waals surface area (Å²) >= 11 is 0. The van der Waals surface area contributed by atoms with Gasteiger partial charge in [-0.2, -0.15) is 0 Å². The molecule has 29 heavy (non-hydrogen) atoms. The van der Waals surface area contributed by atoms with Crippen LogP contribution in [-0.2, 0) is 15.0 Å². The lowest BCUT2D eigenvalue weighted by Crippen LogP contribution is -2.48. The third-order valence-corrected chi connectivity index (χ3v) is 4.54. The van der Waals surface area contributed by atoms with Crippen LogP contribution in [-0.4, -0.2) is 24.5 Å². The Labute approximate surface area is 172 Å². The fourth-order valence-electron chi connectivity index (χ4n) is 2.67. The van der Waals surface area contributed by atoms with Crippen LogP contribution < -0.4 is 20.3 Å². The predicted molar refractivity (Wildman–Crippen MR) is 113 cm³/mol. The Hall–Kier alpha value is -3.02. The fraction of sp³-hybridized carbons (Fsp3) is 0.391. The Kier molecular flexibility index (Phi) is 7.26. The smallest absolute Gasteiger partial charge is 0.279 e. The second-order valence-corrected chi connectivity index (χ2v) is 8.08. The molecule has 2 N–H and O–H groups in total. The molecule has 1 unspecified atom stereocenters. The largest absolute Gasteiger partial charge is 0.483 e. The highest BCUT2D eigenvalue weighted by Crippen LogP contribution is 2.30. The molecule has 0 aliphatic carbocycles. The Morgan fingerprint density at radius 3 is 2.34 bits per heavy atom. The SMILES string of the molecule is Cc1ccc(OC(C)C(=O)NNC(=O)COc2ccccc2C(C)(C)C)cc1C. The number of benzene rings is 2. The summed E-state index contributed by atoms with van der Waals surface area (Å²) in [5, 5.41) is 0. The molecule has 0 aliphatic rings. The molecule has 6 heteroatoms. The van der Waals surface area contributed by atoms with E-state index in [0.29, 0.717) is 11.5 Å². The first-order valence-corrected chi connectivity index (χ1v) is 9.63. The molecule has 0 bridgehead atoms. The number of carbonyl (C=O) groups excluding carboxylic acids is 2. The predicted octanol–water partition coefficient (Wildman–Crippen LogP) is 3.59. The van der Waals surface area contributed by atoms with Gasteiger partial charge in [-0.05, 0) is 61.1 Å². The van der Waals surface area contributed by atoms with E-state index in [1.54, 1.807) is 6.92 Å². The van der Waals surface area contributed by atoms with Gasteiger partial charge in [-0.15, -0.1) is 0 Å². The fourth-order valence-corrected chi connectivity index (χ4v) is 2.67. The zero-order valence-corrected chi connectivity index (χ0v) is 18.0. The van der Waals surface area contributed by atoms with Crippen molar-refractivity contribution < 1.29 is 19.1 Å². The van der Waals surface area contributed by atoms with Crippen molar-refractivity contribution in [1.82, 2.24) is 10.9 Å². The van der Waals surface area contributed by atoms with Gasteiger partial charge in [0, 0.05) is 0 Å². The molecule has 0 heterocycles. The topological polar surface area (TPSA) is 76.7 Å².